The molecule has 0 spiro atoms. The third-order valence-electron chi connectivity index (χ3n) is 6.59. The zero-order valence-electron chi connectivity index (χ0n) is 19.5. The molecular formula is C24H33N7O2. The van der Waals surface area contributed by atoms with E-state index in [0.29, 0.717) is 25.3 Å². The topological polar surface area (TPSA) is 93.9 Å². The molecule has 176 valence electrons. The monoisotopic (exact) mass is 451 g/mol. The summed E-state index contributed by atoms with van der Waals surface area (Å²) in [6, 6.07) is 9.97. The molecular weight excluding hydrogens is 418 g/mol. The van der Waals surface area contributed by atoms with Gasteiger partial charge in [0, 0.05) is 25.2 Å². The second kappa shape index (κ2) is 9.15. The number of nitrogens with two attached hydrogens (primary N) is 1. The van der Waals surface area contributed by atoms with Gasteiger partial charge >= 0.3 is 5.69 Å². The van der Waals surface area contributed by atoms with Gasteiger partial charge in [0.2, 0.25) is 5.95 Å². The van der Waals surface area contributed by atoms with Crippen molar-refractivity contribution in [1.29, 1.82) is 0 Å². The third kappa shape index (κ3) is 4.35. The van der Waals surface area contributed by atoms with Crippen LogP contribution in [-0.2, 0) is 11.3 Å². The fraction of sp³-hybridized carbons (Fsp3) is 0.542. The van der Waals surface area contributed by atoms with Crippen LogP contribution < -0.4 is 16.3 Å². The highest BCUT2D eigenvalue weighted by molar-refractivity contribution is 5.86. The van der Waals surface area contributed by atoms with E-state index in [2.05, 4.69) is 23.6 Å². The second-order valence-corrected chi connectivity index (χ2v) is 9.26. The molecule has 0 saturated carbocycles. The van der Waals surface area contributed by atoms with Crippen LogP contribution in [0.5, 0.6) is 0 Å². The maximum atomic E-state index is 13.3. The van der Waals surface area contributed by atoms with Crippen LogP contribution in [0.3, 0.4) is 0 Å². The van der Waals surface area contributed by atoms with Crippen molar-refractivity contribution in [3.8, 4) is 11.3 Å². The van der Waals surface area contributed by atoms with E-state index in [1.165, 1.54) is 23.7 Å². The summed E-state index contributed by atoms with van der Waals surface area (Å²) in [7, 11) is 0. The quantitative estimate of drug-likeness (QED) is 0.636. The normalized spacial score (nSPS) is 22.2. The lowest BCUT2D eigenvalue weighted by Crippen LogP contribution is -2.46. The minimum atomic E-state index is -0.234. The summed E-state index contributed by atoms with van der Waals surface area (Å²) < 4.78 is 8.98. The van der Waals surface area contributed by atoms with Gasteiger partial charge in [0.25, 0.3) is 0 Å². The minimum absolute atomic E-state index is 0.0582. The molecule has 2 saturated heterocycles. The lowest BCUT2D eigenvalue weighted by atomic mass is 10.1. The zero-order chi connectivity index (χ0) is 22.9. The molecule has 2 aliphatic heterocycles. The van der Waals surface area contributed by atoms with Crippen LogP contribution in [0, 0.1) is 0 Å². The van der Waals surface area contributed by atoms with Crippen molar-refractivity contribution in [3.63, 3.8) is 0 Å². The highest BCUT2D eigenvalue weighted by Crippen LogP contribution is 2.34. The largest absolute Gasteiger partial charge is 0.372 e. The lowest BCUT2D eigenvalue weighted by molar-refractivity contribution is -0.00513. The van der Waals surface area contributed by atoms with Crippen LogP contribution in [0.1, 0.15) is 33.1 Å². The number of fused-ring (bicyclic) bond motifs is 1. The van der Waals surface area contributed by atoms with Crippen LogP contribution in [0.15, 0.2) is 35.1 Å². The molecule has 9 nitrogen and oxygen atoms in total. The SMILES string of the molecule is C[C@@H]1CN(c2c(-c3ccccc3)nc(N)n3c(=O)n(CCN4CCCCC4)nc23)C[C@H](C)O1. The summed E-state index contributed by atoms with van der Waals surface area (Å²) >= 11 is 0. The van der Waals surface area contributed by atoms with Gasteiger partial charge in [-0.05, 0) is 39.8 Å². The Bertz CT molecular complexity index is 1160. The highest BCUT2D eigenvalue weighted by Gasteiger charge is 2.29. The molecule has 2 aromatic heterocycles. The van der Waals surface area contributed by atoms with E-state index in [1.54, 1.807) is 4.68 Å². The Morgan fingerprint density at radius 2 is 1.73 bits per heavy atom. The van der Waals surface area contributed by atoms with Crippen molar-refractivity contribution in [2.24, 2.45) is 0 Å². The molecule has 0 aliphatic carbocycles. The van der Waals surface area contributed by atoms with Crippen molar-refractivity contribution in [2.45, 2.75) is 51.9 Å². The first-order valence-electron chi connectivity index (χ1n) is 12.0. The average molecular weight is 452 g/mol. The third-order valence-corrected chi connectivity index (χ3v) is 6.59. The van der Waals surface area contributed by atoms with E-state index in [1.807, 2.05) is 30.3 Å². The average Bonchev–Trinajstić information content (AvgIpc) is 3.14. The smallest absolute Gasteiger partial charge is 0.353 e. The predicted molar refractivity (Wildman–Crippen MR) is 130 cm³/mol. The fourth-order valence-corrected chi connectivity index (χ4v) is 5.10. The Morgan fingerprint density at radius 3 is 2.42 bits per heavy atom. The molecule has 3 aromatic rings. The molecule has 2 fully saturated rings. The van der Waals surface area contributed by atoms with Gasteiger partial charge in [-0.3, -0.25) is 0 Å². The summed E-state index contributed by atoms with van der Waals surface area (Å²) in [5.74, 6) is 0.163. The number of nitrogens with zero attached hydrogens (tertiary/aromatic N) is 6. The van der Waals surface area contributed by atoms with Crippen LogP contribution in [0.2, 0.25) is 0 Å². The summed E-state index contributed by atoms with van der Waals surface area (Å²) in [6.45, 7) is 9.03. The zero-order valence-corrected chi connectivity index (χ0v) is 19.5. The number of nitrogen functional groups attached to an aromatic ring is 1. The summed E-state index contributed by atoms with van der Waals surface area (Å²) in [4.78, 5) is 22.7. The molecule has 5 rings (SSSR count). The molecule has 2 N–H and O–H groups in total. The van der Waals surface area contributed by atoms with E-state index in [0.717, 1.165) is 36.6 Å². The van der Waals surface area contributed by atoms with Gasteiger partial charge in [-0.25, -0.2) is 18.9 Å². The van der Waals surface area contributed by atoms with Gasteiger partial charge in [0.15, 0.2) is 5.65 Å². The van der Waals surface area contributed by atoms with E-state index in [-0.39, 0.29) is 23.8 Å². The Labute approximate surface area is 193 Å². The molecule has 2 aliphatic rings. The number of aromatic nitrogens is 4. The van der Waals surface area contributed by atoms with Gasteiger partial charge in [-0.1, -0.05) is 36.8 Å². The summed E-state index contributed by atoms with van der Waals surface area (Å²) in [5.41, 5.74) is 9.21. The first kappa shape index (κ1) is 21.9. The van der Waals surface area contributed by atoms with Gasteiger partial charge in [-0.2, -0.15) is 0 Å². The number of ether oxygens (including phenoxy) is 1. The first-order valence-corrected chi connectivity index (χ1v) is 12.0. The molecule has 0 unspecified atom stereocenters. The predicted octanol–water partition coefficient (Wildman–Crippen LogP) is 2.24. The number of morpholine rings is 1. The number of benzene rings is 1. The first-order chi connectivity index (χ1) is 16.0. The van der Waals surface area contributed by atoms with Crippen molar-refractivity contribution in [3.05, 3.63) is 40.8 Å². The number of hydrogen-bond acceptors (Lipinski definition) is 7. The summed E-state index contributed by atoms with van der Waals surface area (Å²) in [6.07, 6.45) is 3.84. The lowest BCUT2D eigenvalue weighted by Gasteiger charge is -2.37. The minimum Gasteiger partial charge on any atom is -0.372 e. The highest BCUT2D eigenvalue weighted by atomic mass is 16.5. The van der Waals surface area contributed by atoms with Crippen molar-refractivity contribution in [2.75, 3.05) is 43.4 Å². The van der Waals surface area contributed by atoms with Crippen molar-refractivity contribution in [1.82, 2.24) is 24.1 Å². The van der Waals surface area contributed by atoms with E-state index >= 15 is 0 Å². The second-order valence-electron chi connectivity index (χ2n) is 9.26. The van der Waals surface area contributed by atoms with Crippen LogP contribution in [0.4, 0.5) is 11.6 Å². The molecule has 33 heavy (non-hydrogen) atoms. The molecule has 0 radical (unpaired) electrons. The van der Waals surface area contributed by atoms with E-state index in [4.69, 9.17) is 20.6 Å². The Balaban J connectivity index is 1.62. The number of piperidine rings is 1. The molecule has 0 bridgehead atoms. The number of hydrogen-bond donors (Lipinski definition) is 1. The van der Waals surface area contributed by atoms with Crippen molar-refractivity contribution >= 4 is 17.3 Å². The Hall–Kier alpha value is -2.91. The van der Waals surface area contributed by atoms with Gasteiger partial charge in [0.1, 0.15) is 11.4 Å². The Kier molecular flexibility index (Phi) is 6.07. The van der Waals surface area contributed by atoms with E-state index < -0.39 is 0 Å². The standard InChI is InChI=1S/C24H33N7O2/c1-17-15-29(16-18(2)33-17)21-20(19-9-5-3-6-10-19)26-23(25)31-22(21)27-30(24(31)32)14-13-28-11-7-4-8-12-28/h3,5-6,9-10,17-18H,4,7-8,11-16H2,1-2H3,(H2,25,26)/t17-,18+. The van der Waals surface area contributed by atoms with Crippen LogP contribution in [0.25, 0.3) is 16.9 Å². The van der Waals surface area contributed by atoms with Crippen LogP contribution >= 0.6 is 0 Å². The molecule has 9 heteroatoms. The maximum absolute atomic E-state index is 13.3. The van der Waals surface area contributed by atoms with Crippen molar-refractivity contribution < 1.29 is 4.74 Å². The molecule has 0 amide bonds. The summed E-state index contributed by atoms with van der Waals surface area (Å²) in [5, 5.41) is 4.81. The Morgan fingerprint density at radius 1 is 1.03 bits per heavy atom. The van der Waals surface area contributed by atoms with Crippen LogP contribution in [-0.4, -0.2) is 69.0 Å². The van der Waals surface area contributed by atoms with Gasteiger partial charge in [0.05, 0.1) is 18.8 Å². The van der Waals surface area contributed by atoms with Gasteiger partial charge < -0.3 is 20.3 Å². The number of rotatable bonds is 5. The van der Waals surface area contributed by atoms with E-state index in [9.17, 15) is 4.79 Å². The molecule has 2 atom stereocenters. The van der Waals surface area contributed by atoms with Gasteiger partial charge in [-0.15, -0.1) is 5.10 Å². The number of likely N-dealkylation sites (tertiary alicyclic amines) is 1. The maximum Gasteiger partial charge on any atom is 0.353 e. The molecule has 4 heterocycles. The fourth-order valence-electron chi connectivity index (χ4n) is 5.10. The molecule has 1 aromatic carbocycles. The number of anilines is 2.